The molecule has 0 aliphatic carbocycles. The van der Waals surface area contributed by atoms with Crippen LogP contribution in [-0.4, -0.2) is 27.5 Å². The SMILES string of the molecule is Cc1ccc(C(=O)NCCOc2ccc(F)cc2)cc1S(=O)(=O)Nc1cccc(C)c1C. The summed E-state index contributed by atoms with van der Waals surface area (Å²) >= 11 is 0. The zero-order valence-corrected chi connectivity index (χ0v) is 18.9. The van der Waals surface area contributed by atoms with Gasteiger partial charge in [0.1, 0.15) is 18.2 Å². The molecule has 3 rings (SSSR count). The van der Waals surface area contributed by atoms with E-state index in [-0.39, 0.29) is 29.4 Å². The zero-order valence-electron chi connectivity index (χ0n) is 18.1. The molecule has 8 heteroatoms. The molecule has 6 nitrogen and oxygen atoms in total. The third kappa shape index (κ3) is 5.64. The van der Waals surface area contributed by atoms with Crippen molar-refractivity contribution in [1.29, 1.82) is 0 Å². The average molecular weight is 457 g/mol. The molecule has 0 saturated heterocycles. The Morgan fingerprint density at radius 1 is 0.969 bits per heavy atom. The fourth-order valence-electron chi connectivity index (χ4n) is 3.06. The molecular formula is C24H25FN2O4S. The number of hydrogen-bond donors (Lipinski definition) is 2. The first-order valence-corrected chi connectivity index (χ1v) is 11.5. The van der Waals surface area contributed by atoms with Crippen LogP contribution >= 0.6 is 0 Å². The maximum atomic E-state index is 13.0. The van der Waals surface area contributed by atoms with Crippen molar-refractivity contribution < 1.29 is 22.3 Å². The van der Waals surface area contributed by atoms with Crippen LogP contribution in [0.3, 0.4) is 0 Å². The molecule has 1 amide bonds. The Labute approximate surface area is 187 Å². The Morgan fingerprint density at radius 3 is 2.41 bits per heavy atom. The van der Waals surface area contributed by atoms with Gasteiger partial charge < -0.3 is 10.1 Å². The molecule has 0 bridgehead atoms. The lowest BCUT2D eigenvalue weighted by molar-refractivity contribution is 0.0946. The summed E-state index contributed by atoms with van der Waals surface area (Å²) < 4.78 is 47.0. The van der Waals surface area contributed by atoms with E-state index in [1.807, 2.05) is 19.9 Å². The second-order valence-electron chi connectivity index (χ2n) is 7.39. The van der Waals surface area contributed by atoms with Crippen molar-refractivity contribution in [3.8, 4) is 5.75 Å². The Bertz CT molecular complexity index is 1230. The third-order valence-corrected chi connectivity index (χ3v) is 6.57. The second-order valence-corrected chi connectivity index (χ2v) is 9.04. The predicted molar refractivity (Wildman–Crippen MR) is 122 cm³/mol. The largest absolute Gasteiger partial charge is 0.492 e. The summed E-state index contributed by atoms with van der Waals surface area (Å²) in [5, 5.41) is 2.69. The van der Waals surface area contributed by atoms with Crippen molar-refractivity contribution in [1.82, 2.24) is 5.32 Å². The summed E-state index contributed by atoms with van der Waals surface area (Å²) in [7, 11) is -3.89. The van der Waals surface area contributed by atoms with Crippen molar-refractivity contribution in [2.45, 2.75) is 25.7 Å². The van der Waals surface area contributed by atoms with Crippen LogP contribution in [0.2, 0.25) is 0 Å². The minimum atomic E-state index is -3.89. The maximum absolute atomic E-state index is 13.0. The summed E-state index contributed by atoms with van der Waals surface area (Å²) in [6, 6.07) is 15.5. The number of hydrogen-bond acceptors (Lipinski definition) is 4. The Balaban J connectivity index is 1.68. The van der Waals surface area contributed by atoms with E-state index in [1.165, 1.54) is 30.3 Å². The molecule has 3 aromatic carbocycles. The van der Waals surface area contributed by atoms with Gasteiger partial charge in [-0.2, -0.15) is 0 Å². The number of rotatable bonds is 8. The van der Waals surface area contributed by atoms with Gasteiger partial charge in [0.15, 0.2) is 0 Å². The molecule has 168 valence electrons. The average Bonchev–Trinajstić information content (AvgIpc) is 2.75. The van der Waals surface area contributed by atoms with E-state index in [0.717, 1.165) is 11.1 Å². The highest BCUT2D eigenvalue weighted by Crippen LogP contribution is 2.24. The molecule has 0 saturated carbocycles. The topological polar surface area (TPSA) is 84.5 Å². The van der Waals surface area contributed by atoms with Crippen LogP contribution in [-0.2, 0) is 10.0 Å². The van der Waals surface area contributed by atoms with Crippen LogP contribution in [0.15, 0.2) is 65.6 Å². The number of ether oxygens (including phenoxy) is 1. The van der Waals surface area contributed by atoms with E-state index < -0.39 is 15.9 Å². The fraction of sp³-hybridized carbons (Fsp3) is 0.208. The molecule has 0 spiro atoms. The zero-order chi connectivity index (χ0) is 23.3. The molecule has 0 heterocycles. The highest BCUT2D eigenvalue weighted by Gasteiger charge is 2.20. The summed E-state index contributed by atoms with van der Waals surface area (Å²) in [5.41, 5.74) is 3.05. The summed E-state index contributed by atoms with van der Waals surface area (Å²) in [6.07, 6.45) is 0. The lowest BCUT2D eigenvalue weighted by atomic mass is 10.1. The van der Waals surface area contributed by atoms with Gasteiger partial charge in [0, 0.05) is 5.56 Å². The van der Waals surface area contributed by atoms with Crippen LogP contribution in [0, 0.1) is 26.6 Å². The number of nitrogens with one attached hydrogen (secondary N) is 2. The van der Waals surface area contributed by atoms with Gasteiger partial charge in [0.05, 0.1) is 17.1 Å². The highest BCUT2D eigenvalue weighted by atomic mass is 32.2. The van der Waals surface area contributed by atoms with Crippen LogP contribution in [0.1, 0.15) is 27.0 Å². The van der Waals surface area contributed by atoms with E-state index in [0.29, 0.717) is 17.0 Å². The Hall–Kier alpha value is -3.39. The summed E-state index contributed by atoms with van der Waals surface area (Å²) in [5.74, 6) is -0.291. The normalized spacial score (nSPS) is 11.1. The molecule has 0 atom stereocenters. The van der Waals surface area contributed by atoms with E-state index >= 15 is 0 Å². The van der Waals surface area contributed by atoms with Crippen molar-refractivity contribution in [3.63, 3.8) is 0 Å². The smallest absolute Gasteiger partial charge is 0.262 e. The summed E-state index contributed by atoms with van der Waals surface area (Å²) in [6.45, 7) is 5.81. The molecule has 0 fully saturated rings. The fourth-order valence-corrected chi connectivity index (χ4v) is 4.45. The third-order valence-electron chi connectivity index (χ3n) is 5.06. The standard InChI is InChI=1S/C24H25FN2O4S/c1-16-5-4-6-22(18(16)3)27-32(29,30)23-15-19(8-7-17(23)2)24(28)26-13-14-31-21-11-9-20(25)10-12-21/h4-12,15,27H,13-14H2,1-3H3,(H,26,28). The van der Waals surface area contributed by atoms with Crippen molar-refractivity contribution in [3.05, 3.63) is 88.7 Å². The minimum absolute atomic E-state index is 0.0358. The van der Waals surface area contributed by atoms with Crippen molar-refractivity contribution in [2.24, 2.45) is 0 Å². The van der Waals surface area contributed by atoms with Crippen LogP contribution in [0.4, 0.5) is 10.1 Å². The number of sulfonamides is 1. The van der Waals surface area contributed by atoms with E-state index in [2.05, 4.69) is 10.0 Å². The number of amides is 1. The number of carbonyl (C=O) groups is 1. The first-order chi connectivity index (χ1) is 15.2. The lowest BCUT2D eigenvalue weighted by Crippen LogP contribution is -2.28. The van der Waals surface area contributed by atoms with Gasteiger partial charge in [-0.1, -0.05) is 18.2 Å². The molecular weight excluding hydrogens is 431 g/mol. The molecule has 2 N–H and O–H groups in total. The van der Waals surface area contributed by atoms with Gasteiger partial charge in [-0.15, -0.1) is 0 Å². The van der Waals surface area contributed by atoms with Crippen molar-refractivity contribution >= 4 is 21.6 Å². The van der Waals surface area contributed by atoms with Gasteiger partial charge >= 0.3 is 0 Å². The lowest BCUT2D eigenvalue weighted by Gasteiger charge is -2.14. The van der Waals surface area contributed by atoms with Gasteiger partial charge in [-0.3, -0.25) is 9.52 Å². The molecule has 0 aromatic heterocycles. The van der Waals surface area contributed by atoms with E-state index in [4.69, 9.17) is 4.74 Å². The molecule has 0 radical (unpaired) electrons. The Kier molecular flexibility index (Phi) is 7.15. The molecule has 0 aliphatic rings. The number of benzene rings is 3. The van der Waals surface area contributed by atoms with Crippen LogP contribution < -0.4 is 14.8 Å². The monoisotopic (exact) mass is 456 g/mol. The first kappa shape index (κ1) is 23.3. The number of carbonyl (C=O) groups excluding carboxylic acids is 1. The number of halogens is 1. The molecule has 0 aliphatic heterocycles. The maximum Gasteiger partial charge on any atom is 0.262 e. The minimum Gasteiger partial charge on any atom is -0.492 e. The summed E-state index contributed by atoms with van der Waals surface area (Å²) in [4.78, 5) is 12.6. The number of anilines is 1. The highest BCUT2D eigenvalue weighted by molar-refractivity contribution is 7.92. The van der Waals surface area contributed by atoms with Crippen LogP contribution in [0.25, 0.3) is 0 Å². The van der Waals surface area contributed by atoms with Gasteiger partial charge in [0.2, 0.25) is 0 Å². The van der Waals surface area contributed by atoms with Gasteiger partial charge in [0.25, 0.3) is 15.9 Å². The van der Waals surface area contributed by atoms with Gasteiger partial charge in [-0.25, -0.2) is 12.8 Å². The molecule has 3 aromatic rings. The quantitative estimate of drug-likeness (QED) is 0.493. The number of aryl methyl sites for hydroxylation is 2. The van der Waals surface area contributed by atoms with E-state index in [1.54, 1.807) is 31.2 Å². The predicted octanol–water partition coefficient (Wildman–Crippen LogP) is 4.36. The first-order valence-electron chi connectivity index (χ1n) is 10.0. The molecule has 32 heavy (non-hydrogen) atoms. The van der Waals surface area contributed by atoms with Crippen LogP contribution in [0.5, 0.6) is 5.75 Å². The van der Waals surface area contributed by atoms with Gasteiger partial charge in [-0.05, 0) is 79.9 Å². The second kappa shape index (κ2) is 9.82. The van der Waals surface area contributed by atoms with Crippen molar-refractivity contribution in [2.75, 3.05) is 17.9 Å². The Morgan fingerprint density at radius 2 is 1.69 bits per heavy atom. The molecule has 0 unspecified atom stereocenters. The van der Waals surface area contributed by atoms with E-state index in [9.17, 15) is 17.6 Å².